The number of carbonyl (C=O) groups excluding carboxylic acids is 1. The molecule has 5 nitrogen and oxygen atoms in total. The van der Waals surface area contributed by atoms with Gasteiger partial charge in [-0.15, -0.1) is 0 Å². The second-order valence-corrected chi connectivity index (χ2v) is 7.49. The highest BCUT2D eigenvalue weighted by molar-refractivity contribution is 7.89. The van der Waals surface area contributed by atoms with Crippen molar-refractivity contribution in [3.8, 4) is 0 Å². The lowest BCUT2D eigenvalue weighted by molar-refractivity contribution is -0.134. The van der Waals surface area contributed by atoms with Gasteiger partial charge in [0.1, 0.15) is 0 Å². The molecule has 0 saturated carbocycles. The van der Waals surface area contributed by atoms with Gasteiger partial charge in [-0.05, 0) is 26.7 Å². The van der Waals surface area contributed by atoms with Gasteiger partial charge in [0.15, 0.2) is 0 Å². The number of hydrogen-bond acceptors (Lipinski definition) is 3. The zero-order valence-corrected chi connectivity index (χ0v) is 11.8. The topological polar surface area (TPSA) is 57.7 Å². The standard InChI is InChI=1S/C11H22N2O3S/c1-9(2)17(15,16)13-7-5-10(6-8-13)11(14)12(3)4/h9-10H,5-8H2,1-4H3. The SMILES string of the molecule is CC(C)S(=O)(=O)N1CCC(C(=O)N(C)C)CC1. The van der Waals surface area contributed by atoms with E-state index >= 15 is 0 Å². The summed E-state index contributed by atoms with van der Waals surface area (Å²) in [4.78, 5) is 13.3. The molecule has 0 radical (unpaired) electrons. The zero-order valence-electron chi connectivity index (χ0n) is 11.0. The van der Waals surface area contributed by atoms with Crippen LogP contribution in [-0.2, 0) is 14.8 Å². The summed E-state index contributed by atoms with van der Waals surface area (Å²) in [6, 6.07) is 0. The van der Waals surface area contributed by atoms with Crippen LogP contribution in [0.1, 0.15) is 26.7 Å². The van der Waals surface area contributed by atoms with Crippen LogP contribution in [0.15, 0.2) is 0 Å². The van der Waals surface area contributed by atoms with Gasteiger partial charge in [-0.1, -0.05) is 0 Å². The van der Waals surface area contributed by atoms with E-state index in [1.54, 1.807) is 32.8 Å². The minimum Gasteiger partial charge on any atom is -0.349 e. The van der Waals surface area contributed by atoms with Crippen LogP contribution in [-0.4, -0.2) is 56.0 Å². The van der Waals surface area contributed by atoms with Crippen LogP contribution in [0.3, 0.4) is 0 Å². The summed E-state index contributed by atoms with van der Waals surface area (Å²) < 4.78 is 25.4. The average Bonchev–Trinajstić information content (AvgIpc) is 2.27. The minimum atomic E-state index is -3.16. The number of hydrogen-bond donors (Lipinski definition) is 0. The maximum atomic E-state index is 11.9. The first kappa shape index (κ1) is 14.4. The van der Waals surface area contributed by atoms with Gasteiger partial charge < -0.3 is 4.90 Å². The molecule has 1 amide bonds. The molecule has 0 spiro atoms. The third-order valence-corrected chi connectivity index (χ3v) is 5.48. The first-order chi connectivity index (χ1) is 7.76. The van der Waals surface area contributed by atoms with E-state index in [-0.39, 0.29) is 17.1 Å². The molecule has 17 heavy (non-hydrogen) atoms. The van der Waals surface area contributed by atoms with Crippen molar-refractivity contribution < 1.29 is 13.2 Å². The number of sulfonamides is 1. The highest BCUT2D eigenvalue weighted by Gasteiger charge is 2.32. The first-order valence-corrected chi connectivity index (χ1v) is 7.47. The second kappa shape index (κ2) is 5.35. The van der Waals surface area contributed by atoms with Crippen LogP contribution in [0, 0.1) is 5.92 Å². The molecule has 0 aromatic heterocycles. The van der Waals surface area contributed by atoms with Crippen LogP contribution < -0.4 is 0 Å². The molecule has 0 aliphatic carbocycles. The van der Waals surface area contributed by atoms with Gasteiger partial charge in [0.2, 0.25) is 15.9 Å². The van der Waals surface area contributed by atoms with E-state index in [9.17, 15) is 13.2 Å². The lowest BCUT2D eigenvalue weighted by Crippen LogP contribution is -2.44. The number of piperidine rings is 1. The number of rotatable bonds is 3. The summed E-state index contributed by atoms with van der Waals surface area (Å²) in [6.45, 7) is 4.30. The summed E-state index contributed by atoms with van der Waals surface area (Å²) in [6.07, 6.45) is 1.26. The molecule has 0 unspecified atom stereocenters. The molecule has 1 rings (SSSR count). The second-order valence-electron chi connectivity index (χ2n) is 5.00. The summed E-state index contributed by atoms with van der Waals surface area (Å²) in [5.41, 5.74) is 0. The van der Waals surface area contributed by atoms with E-state index in [1.165, 1.54) is 4.31 Å². The van der Waals surface area contributed by atoms with Gasteiger partial charge >= 0.3 is 0 Å². The van der Waals surface area contributed by atoms with Crippen molar-refractivity contribution >= 4 is 15.9 Å². The normalized spacial score (nSPS) is 19.6. The molecule has 1 aliphatic rings. The van der Waals surface area contributed by atoms with E-state index in [0.29, 0.717) is 25.9 Å². The molecular weight excluding hydrogens is 240 g/mol. The Morgan fingerprint density at radius 1 is 1.24 bits per heavy atom. The average molecular weight is 262 g/mol. The van der Waals surface area contributed by atoms with Gasteiger partial charge in [-0.25, -0.2) is 12.7 Å². The number of carbonyl (C=O) groups is 1. The van der Waals surface area contributed by atoms with Crippen molar-refractivity contribution in [2.75, 3.05) is 27.2 Å². The quantitative estimate of drug-likeness (QED) is 0.745. The Balaban J connectivity index is 2.61. The van der Waals surface area contributed by atoms with Gasteiger partial charge in [-0.3, -0.25) is 4.79 Å². The number of nitrogens with zero attached hydrogens (tertiary/aromatic N) is 2. The maximum Gasteiger partial charge on any atom is 0.225 e. The summed E-state index contributed by atoms with van der Waals surface area (Å²) in [7, 11) is 0.310. The predicted octanol–water partition coefficient (Wildman–Crippen LogP) is 0.525. The fourth-order valence-electron chi connectivity index (χ4n) is 2.02. The van der Waals surface area contributed by atoms with E-state index in [0.717, 1.165) is 0 Å². The molecule has 0 aromatic rings. The number of amides is 1. The molecule has 1 fully saturated rings. The third kappa shape index (κ3) is 3.19. The molecule has 6 heteroatoms. The smallest absolute Gasteiger partial charge is 0.225 e. The fourth-order valence-corrected chi connectivity index (χ4v) is 3.34. The van der Waals surface area contributed by atoms with Gasteiger partial charge in [0.05, 0.1) is 5.25 Å². The maximum absolute atomic E-state index is 11.9. The molecule has 0 aromatic carbocycles. The molecule has 0 N–H and O–H groups in total. The first-order valence-electron chi connectivity index (χ1n) is 5.97. The summed E-state index contributed by atoms with van der Waals surface area (Å²) >= 11 is 0. The zero-order chi connectivity index (χ0) is 13.2. The Labute approximate surface area is 104 Å². The summed E-state index contributed by atoms with van der Waals surface area (Å²) in [5, 5.41) is -0.386. The lowest BCUT2D eigenvalue weighted by Gasteiger charge is -2.32. The van der Waals surface area contributed by atoms with Crippen molar-refractivity contribution in [2.45, 2.75) is 31.9 Å². The van der Waals surface area contributed by atoms with Crippen LogP contribution in [0.4, 0.5) is 0 Å². The Hall–Kier alpha value is -0.620. The van der Waals surface area contributed by atoms with Gasteiger partial charge in [-0.2, -0.15) is 0 Å². The monoisotopic (exact) mass is 262 g/mol. The fraction of sp³-hybridized carbons (Fsp3) is 0.909. The lowest BCUT2D eigenvalue weighted by atomic mass is 9.97. The molecule has 1 heterocycles. The van der Waals surface area contributed by atoms with E-state index in [1.807, 2.05) is 0 Å². The van der Waals surface area contributed by atoms with Crippen molar-refractivity contribution in [3.05, 3.63) is 0 Å². The van der Waals surface area contributed by atoms with Crippen LogP contribution in [0.25, 0.3) is 0 Å². The molecule has 0 atom stereocenters. The van der Waals surface area contributed by atoms with E-state index in [2.05, 4.69) is 0 Å². The Kier molecular flexibility index (Phi) is 4.55. The molecule has 0 bridgehead atoms. The summed E-state index contributed by atoms with van der Waals surface area (Å²) in [5.74, 6) is 0.0789. The van der Waals surface area contributed by atoms with E-state index in [4.69, 9.17) is 0 Å². The van der Waals surface area contributed by atoms with Crippen molar-refractivity contribution in [1.82, 2.24) is 9.21 Å². The highest BCUT2D eigenvalue weighted by Crippen LogP contribution is 2.22. The Bertz CT molecular complexity index is 368. The van der Waals surface area contributed by atoms with Crippen LogP contribution in [0.5, 0.6) is 0 Å². The predicted molar refractivity (Wildman–Crippen MR) is 67.0 cm³/mol. The third-order valence-electron chi connectivity index (χ3n) is 3.20. The highest BCUT2D eigenvalue weighted by atomic mass is 32.2. The van der Waals surface area contributed by atoms with E-state index < -0.39 is 10.0 Å². The van der Waals surface area contributed by atoms with Crippen LogP contribution >= 0.6 is 0 Å². The Morgan fingerprint density at radius 2 is 1.71 bits per heavy atom. The molecule has 1 aliphatic heterocycles. The van der Waals surface area contributed by atoms with Gasteiger partial charge in [0.25, 0.3) is 0 Å². The molecule has 100 valence electrons. The Morgan fingerprint density at radius 3 is 2.06 bits per heavy atom. The van der Waals surface area contributed by atoms with Crippen LogP contribution in [0.2, 0.25) is 0 Å². The molecular formula is C11H22N2O3S. The minimum absolute atomic E-state index is 0.0244. The van der Waals surface area contributed by atoms with Crippen molar-refractivity contribution in [2.24, 2.45) is 5.92 Å². The molecule has 1 saturated heterocycles. The van der Waals surface area contributed by atoms with Gasteiger partial charge in [0, 0.05) is 33.1 Å². The largest absolute Gasteiger partial charge is 0.349 e. The van der Waals surface area contributed by atoms with Crippen molar-refractivity contribution in [3.63, 3.8) is 0 Å². The van der Waals surface area contributed by atoms with Crippen molar-refractivity contribution in [1.29, 1.82) is 0 Å².